The quantitative estimate of drug-likeness (QED) is 0.140. The number of aromatic nitrogens is 3. The number of carbonyl (C=O) groups excluding carboxylic acids is 1. The summed E-state index contributed by atoms with van der Waals surface area (Å²) >= 11 is 1.54. The molecule has 0 radical (unpaired) electrons. The molecule has 0 aliphatic carbocycles. The fourth-order valence-corrected chi connectivity index (χ4v) is 3.90. The van der Waals surface area contributed by atoms with Crippen LogP contribution in [0.15, 0.2) is 78.1 Å². The number of rotatable bonds is 7. The van der Waals surface area contributed by atoms with E-state index in [0.29, 0.717) is 12.8 Å². The molecule has 1 N–H and O–H groups in total. The summed E-state index contributed by atoms with van der Waals surface area (Å²) < 4.78 is 14.9. The molecule has 0 bridgehead atoms. The van der Waals surface area contributed by atoms with Crippen LogP contribution in [0.1, 0.15) is 28.1 Å². The van der Waals surface area contributed by atoms with Crippen molar-refractivity contribution in [3.63, 3.8) is 0 Å². The Hall–Kier alpha value is -3.27. The van der Waals surface area contributed by atoms with Gasteiger partial charge in [-0.1, -0.05) is 6.07 Å². The number of aromatic amines is 1. The molecule has 0 spiro atoms. The molecule has 172 valence electrons. The third-order valence-corrected chi connectivity index (χ3v) is 5.79. The molecule has 1 atom stereocenters. The van der Waals surface area contributed by atoms with Crippen molar-refractivity contribution in [2.24, 2.45) is 0 Å². The van der Waals surface area contributed by atoms with Gasteiger partial charge in [-0.15, -0.1) is 11.3 Å². The van der Waals surface area contributed by atoms with Gasteiger partial charge in [0.2, 0.25) is 6.33 Å². The highest BCUT2D eigenvalue weighted by Crippen LogP contribution is 2.17. The van der Waals surface area contributed by atoms with E-state index in [0.717, 1.165) is 26.8 Å². The Labute approximate surface area is 195 Å². The van der Waals surface area contributed by atoms with E-state index in [2.05, 4.69) is 9.66 Å². The number of ketones is 1. The van der Waals surface area contributed by atoms with Crippen molar-refractivity contribution < 1.29 is 30.2 Å². The van der Waals surface area contributed by atoms with Gasteiger partial charge >= 0.3 is 8.25 Å². The lowest BCUT2D eigenvalue weighted by molar-refractivity contribution is -0.644. The van der Waals surface area contributed by atoms with Gasteiger partial charge in [0.15, 0.2) is 5.78 Å². The number of hydrogen-bond donors (Lipinski definition) is 1. The summed E-state index contributed by atoms with van der Waals surface area (Å²) in [6.45, 7) is 2.01. The topological polar surface area (TPSA) is 131 Å². The van der Waals surface area contributed by atoms with Gasteiger partial charge in [0, 0.05) is 37.1 Å². The van der Waals surface area contributed by atoms with Crippen LogP contribution in [0.2, 0.25) is 0 Å². The van der Waals surface area contributed by atoms with Crippen LogP contribution >= 0.6 is 19.6 Å². The molecule has 0 fully saturated rings. The first-order chi connectivity index (χ1) is 15.9. The predicted molar refractivity (Wildman–Crippen MR) is 120 cm³/mol. The Bertz CT molecular complexity index is 1300. The van der Waals surface area contributed by atoms with Crippen LogP contribution in [0, 0.1) is 6.92 Å². The lowest BCUT2D eigenvalue weighted by Gasteiger charge is -2.04. The molecular weight excluding hydrogens is 465 g/mol. The van der Waals surface area contributed by atoms with Crippen molar-refractivity contribution in [1.29, 1.82) is 0 Å². The first-order valence-electron chi connectivity index (χ1n) is 9.78. The molecule has 0 amide bonds. The zero-order valence-corrected chi connectivity index (χ0v) is 19.3. The van der Waals surface area contributed by atoms with Gasteiger partial charge in [0.25, 0.3) is 5.56 Å². The highest BCUT2D eigenvalue weighted by atomic mass is 32.1. The van der Waals surface area contributed by atoms with E-state index in [4.69, 9.17) is 14.7 Å². The number of imidazole rings is 1. The van der Waals surface area contributed by atoms with Crippen LogP contribution in [0.4, 0.5) is 0 Å². The SMILES string of the molecule is Cc1ccc(C(=O)CCc2c[n+](-c3ccc(-n4ccccc4=O)cc3)c[nH]2)s1.O=[P+]([O-])O[O-].[HH]. The number of carbonyl (C=O) groups is 1. The summed E-state index contributed by atoms with van der Waals surface area (Å²) in [6.07, 6.45) is 6.77. The van der Waals surface area contributed by atoms with E-state index in [1.165, 1.54) is 0 Å². The van der Waals surface area contributed by atoms with E-state index >= 15 is 0 Å². The summed E-state index contributed by atoms with van der Waals surface area (Å²) in [7, 11) is -3.15. The fraction of sp³-hybridized carbons (Fsp3) is 0.136. The highest BCUT2D eigenvalue weighted by Gasteiger charge is 2.13. The zero-order valence-electron chi connectivity index (χ0n) is 17.5. The average Bonchev–Trinajstić information content (AvgIpc) is 3.48. The second-order valence-electron chi connectivity index (χ2n) is 6.89. The van der Waals surface area contributed by atoms with Crippen molar-refractivity contribution >= 4 is 25.4 Å². The maximum Gasteiger partial charge on any atom is 0.479 e. The Kier molecular flexibility index (Phi) is 8.53. The maximum atomic E-state index is 12.3. The van der Waals surface area contributed by atoms with Gasteiger partial charge in [-0.2, -0.15) is 0 Å². The molecule has 1 aromatic carbocycles. The largest absolute Gasteiger partial charge is 0.674 e. The van der Waals surface area contributed by atoms with E-state index in [1.807, 2.05) is 66.5 Å². The maximum absolute atomic E-state index is 12.3. The molecule has 11 heteroatoms. The second-order valence-corrected chi connectivity index (χ2v) is 8.78. The number of aryl methyl sites for hydroxylation is 2. The summed E-state index contributed by atoms with van der Waals surface area (Å²) in [4.78, 5) is 38.3. The highest BCUT2D eigenvalue weighted by molar-refractivity contribution is 7.30. The van der Waals surface area contributed by atoms with E-state index in [1.54, 1.807) is 34.2 Å². The number of hydrogen-bond acceptors (Lipinski definition) is 7. The Morgan fingerprint density at radius 2 is 1.94 bits per heavy atom. The van der Waals surface area contributed by atoms with Crippen molar-refractivity contribution in [2.75, 3.05) is 0 Å². The molecule has 0 aliphatic rings. The van der Waals surface area contributed by atoms with Crippen LogP contribution in [-0.4, -0.2) is 15.3 Å². The third-order valence-electron chi connectivity index (χ3n) is 4.63. The van der Waals surface area contributed by atoms with Gasteiger partial charge in [0.05, 0.1) is 4.88 Å². The molecule has 3 heterocycles. The smallest absolute Gasteiger partial charge is 0.479 e. The Morgan fingerprint density at radius 1 is 1.21 bits per heavy atom. The van der Waals surface area contributed by atoms with Crippen LogP contribution < -0.4 is 20.3 Å². The first kappa shape index (κ1) is 24.4. The number of nitrogens with zero attached hydrogens (tertiary/aromatic N) is 2. The van der Waals surface area contributed by atoms with Crippen molar-refractivity contribution in [3.8, 4) is 11.4 Å². The fourth-order valence-electron chi connectivity index (χ4n) is 3.06. The van der Waals surface area contributed by atoms with Gasteiger partial charge < -0.3 is 10.2 Å². The van der Waals surface area contributed by atoms with Gasteiger partial charge in [-0.05, 0) is 54.0 Å². The van der Waals surface area contributed by atoms with Gasteiger partial charge in [-0.3, -0.25) is 14.2 Å². The van der Waals surface area contributed by atoms with E-state index in [-0.39, 0.29) is 12.8 Å². The molecule has 1 unspecified atom stereocenters. The Balaban J connectivity index is 0.000000619. The molecule has 9 nitrogen and oxygen atoms in total. The molecule has 0 aliphatic heterocycles. The standard InChI is InChI=1S/C22H19N3O2S.HO4P.H2/c1-16-5-12-21(28-16)20(26)11-6-17-14-24(15-23-17)18-7-9-19(10-8-18)25-13-3-2-4-22(25)27;1-4-5(2)3;/h2-5,7-10,12-15H,6,11H2,1H3;1H;1H. The molecule has 0 saturated heterocycles. The van der Waals surface area contributed by atoms with Crippen molar-refractivity contribution in [3.05, 3.63) is 99.1 Å². The molecule has 4 rings (SSSR count). The number of Topliss-reactive ketones (excluding diaryl/α,β-unsaturated/α-hetero) is 1. The first-order valence-corrected chi connectivity index (χ1v) is 11.7. The zero-order chi connectivity index (χ0) is 23.8. The molecule has 0 saturated carbocycles. The lowest BCUT2D eigenvalue weighted by atomic mass is 10.1. The molecule has 4 aromatic rings. The second kappa shape index (κ2) is 11.6. The number of thiophene rings is 1. The molecule has 3 aromatic heterocycles. The summed E-state index contributed by atoms with van der Waals surface area (Å²) in [6, 6.07) is 16.7. The van der Waals surface area contributed by atoms with Crippen LogP contribution in [0.3, 0.4) is 0 Å². The summed E-state index contributed by atoms with van der Waals surface area (Å²) in [5.74, 6) is 0.178. The predicted octanol–water partition coefficient (Wildman–Crippen LogP) is 2.17. The van der Waals surface area contributed by atoms with E-state index < -0.39 is 8.25 Å². The monoisotopic (exact) mass is 487 g/mol. The lowest BCUT2D eigenvalue weighted by Crippen LogP contribution is -2.27. The van der Waals surface area contributed by atoms with Crippen LogP contribution in [0.5, 0.6) is 0 Å². The molecular formula is C22H22N3O6PS. The Morgan fingerprint density at radius 3 is 2.55 bits per heavy atom. The normalized spacial score (nSPS) is 10.9. The van der Waals surface area contributed by atoms with Crippen LogP contribution in [0.25, 0.3) is 11.4 Å². The minimum absolute atomic E-state index is 0. The minimum Gasteiger partial charge on any atom is -0.674 e. The summed E-state index contributed by atoms with van der Waals surface area (Å²) in [5, 5.41) is 8.53. The minimum atomic E-state index is -3.15. The summed E-state index contributed by atoms with van der Waals surface area (Å²) in [5.41, 5.74) is 2.75. The number of benzene rings is 1. The van der Waals surface area contributed by atoms with E-state index in [9.17, 15) is 9.59 Å². The van der Waals surface area contributed by atoms with Gasteiger partial charge in [0.1, 0.15) is 17.6 Å². The van der Waals surface area contributed by atoms with Gasteiger partial charge in [-0.25, -0.2) is 14.2 Å². The molecule has 33 heavy (non-hydrogen) atoms. The number of nitrogens with one attached hydrogen (secondary N) is 1. The van der Waals surface area contributed by atoms with Crippen LogP contribution in [-0.2, 0) is 15.7 Å². The van der Waals surface area contributed by atoms with Crippen molar-refractivity contribution in [2.45, 2.75) is 19.8 Å². The third kappa shape index (κ3) is 6.85. The number of pyridine rings is 1. The van der Waals surface area contributed by atoms with Crippen molar-refractivity contribution in [1.82, 2.24) is 9.55 Å². The average molecular weight is 487 g/mol. The number of H-pyrrole nitrogens is 1.